The molecule has 1 saturated carbocycles. The number of alkyl halides is 3. The maximum Gasteiger partial charge on any atom is 0.433 e. The fourth-order valence-electron chi connectivity index (χ4n) is 4.29. The summed E-state index contributed by atoms with van der Waals surface area (Å²) in [5, 5.41) is 6.22. The van der Waals surface area contributed by atoms with Crippen molar-refractivity contribution in [2.24, 2.45) is 7.05 Å². The molecular weight excluding hydrogens is 411 g/mol. The summed E-state index contributed by atoms with van der Waals surface area (Å²) in [7, 11) is 1.63. The first kappa shape index (κ1) is 21.7. The van der Waals surface area contributed by atoms with Crippen LogP contribution in [0.3, 0.4) is 0 Å². The quantitative estimate of drug-likeness (QED) is 0.759. The van der Waals surface area contributed by atoms with Crippen molar-refractivity contribution in [2.75, 3.05) is 26.2 Å². The second-order valence-electron chi connectivity index (χ2n) is 8.11. The molecule has 168 valence electrons. The van der Waals surface area contributed by atoms with E-state index in [-0.39, 0.29) is 17.6 Å². The number of rotatable bonds is 4. The van der Waals surface area contributed by atoms with E-state index < -0.39 is 17.8 Å². The first-order valence-corrected chi connectivity index (χ1v) is 10.5. The summed E-state index contributed by atoms with van der Waals surface area (Å²) in [4.78, 5) is 26.9. The highest BCUT2D eigenvalue weighted by molar-refractivity contribution is 5.93. The van der Waals surface area contributed by atoms with Gasteiger partial charge in [0, 0.05) is 51.4 Å². The molecule has 0 radical (unpaired) electrons. The summed E-state index contributed by atoms with van der Waals surface area (Å²) in [5.41, 5.74) is -1.13. The molecule has 2 aromatic rings. The number of aromatic nitrogens is 4. The predicted molar refractivity (Wildman–Crippen MR) is 107 cm³/mol. The third kappa shape index (κ3) is 5.04. The topological polar surface area (TPSA) is 88.0 Å². The number of nitrogens with one attached hydrogen (secondary N) is 2. The normalized spacial score (nSPS) is 23.0. The van der Waals surface area contributed by atoms with E-state index in [1.54, 1.807) is 7.05 Å². The highest BCUT2D eigenvalue weighted by Crippen LogP contribution is 2.30. The average molecular weight is 437 g/mol. The summed E-state index contributed by atoms with van der Waals surface area (Å²) in [6.45, 7) is 4.04. The van der Waals surface area contributed by atoms with E-state index in [2.05, 4.69) is 30.5 Å². The molecule has 2 fully saturated rings. The van der Waals surface area contributed by atoms with Gasteiger partial charge in [0.1, 0.15) is 17.1 Å². The lowest BCUT2D eigenvalue weighted by Crippen LogP contribution is -2.51. The van der Waals surface area contributed by atoms with Gasteiger partial charge in [0.05, 0.1) is 12.5 Å². The number of halogens is 3. The molecule has 0 bridgehead atoms. The van der Waals surface area contributed by atoms with Gasteiger partial charge in [0.2, 0.25) is 0 Å². The molecule has 1 aliphatic heterocycles. The van der Waals surface area contributed by atoms with Gasteiger partial charge < -0.3 is 15.2 Å². The maximum atomic E-state index is 13.4. The van der Waals surface area contributed by atoms with Gasteiger partial charge >= 0.3 is 6.18 Å². The smallest absolute Gasteiger partial charge is 0.348 e. The van der Waals surface area contributed by atoms with Crippen LogP contribution in [0.5, 0.6) is 0 Å². The van der Waals surface area contributed by atoms with Gasteiger partial charge in [-0.1, -0.05) is 0 Å². The minimum absolute atomic E-state index is 0.0730. The van der Waals surface area contributed by atoms with E-state index in [1.165, 1.54) is 17.1 Å². The Kier molecular flexibility index (Phi) is 6.24. The minimum Gasteiger partial charge on any atom is -0.348 e. The Labute approximate surface area is 178 Å². The fraction of sp³-hybridized carbons (Fsp3) is 0.600. The zero-order chi connectivity index (χ0) is 22.0. The van der Waals surface area contributed by atoms with Gasteiger partial charge in [0.25, 0.3) is 5.91 Å². The van der Waals surface area contributed by atoms with Crippen molar-refractivity contribution in [1.82, 2.24) is 35.1 Å². The molecule has 3 heterocycles. The summed E-state index contributed by atoms with van der Waals surface area (Å²) < 4.78 is 41.6. The molecule has 2 aromatic heterocycles. The van der Waals surface area contributed by atoms with Crippen molar-refractivity contribution in [3.8, 4) is 11.5 Å². The van der Waals surface area contributed by atoms with Crippen molar-refractivity contribution >= 4 is 5.91 Å². The molecule has 1 saturated heterocycles. The molecule has 1 aliphatic carbocycles. The van der Waals surface area contributed by atoms with Crippen LogP contribution < -0.4 is 10.6 Å². The Hall–Kier alpha value is -2.53. The number of nitrogens with zero attached hydrogens (tertiary/aromatic N) is 5. The number of imidazole rings is 1. The standard InChI is InChI=1S/C20H26F3N7O/c1-29-12-25-11-16(29)18-27-15(10-17(28-18)20(21,22)23)19(31)26-13-2-4-14(5-3-13)30-8-6-24-7-9-30/h10-14,24H,2-9H2,1H3,(H,26,31). The van der Waals surface area contributed by atoms with Crippen LogP contribution in [0.25, 0.3) is 11.5 Å². The van der Waals surface area contributed by atoms with Crippen molar-refractivity contribution in [3.05, 3.63) is 30.0 Å². The third-order valence-corrected chi connectivity index (χ3v) is 5.99. The molecule has 8 nitrogen and oxygen atoms in total. The molecule has 2 aliphatic rings. The van der Waals surface area contributed by atoms with Crippen LogP contribution in [0.2, 0.25) is 0 Å². The molecular formula is C20H26F3N7O. The average Bonchev–Trinajstić information content (AvgIpc) is 3.20. The van der Waals surface area contributed by atoms with Gasteiger partial charge in [0.15, 0.2) is 5.82 Å². The van der Waals surface area contributed by atoms with Crippen LogP contribution in [0.4, 0.5) is 13.2 Å². The predicted octanol–water partition coefficient (Wildman–Crippen LogP) is 1.84. The van der Waals surface area contributed by atoms with Crippen molar-refractivity contribution in [2.45, 2.75) is 43.9 Å². The molecule has 31 heavy (non-hydrogen) atoms. The molecule has 2 N–H and O–H groups in total. The fourth-order valence-corrected chi connectivity index (χ4v) is 4.29. The molecule has 11 heteroatoms. The minimum atomic E-state index is -4.69. The molecule has 0 spiro atoms. The molecule has 0 unspecified atom stereocenters. The summed E-state index contributed by atoms with van der Waals surface area (Å²) in [6.07, 6.45) is 1.64. The van der Waals surface area contributed by atoms with Crippen LogP contribution >= 0.6 is 0 Å². The number of carbonyl (C=O) groups excluding carboxylic acids is 1. The Morgan fingerprint density at radius 3 is 2.48 bits per heavy atom. The molecule has 4 rings (SSSR count). The number of hydrogen-bond acceptors (Lipinski definition) is 6. The van der Waals surface area contributed by atoms with Crippen LogP contribution in [0, 0.1) is 0 Å². The van der Waals surface area contributed by atoms with Crippen molar-refractivity contribution in [1.29, 1.82) is 0 Å². The number of hydrogen-bond donors (Lipinski definition) is 2. The van der Waals surface area contributed by atoms with Crippen molar-refractivity contribution < 1.29 is 18.0 Å². The van der Waals surface area contributed by atoms with Crippen LogP contribution in [-0.4, -0.2) is 68.6 Å². The van der Waals surface area contributed by atoms with E-state index in [1.807, 2.05) is 0 Å². The lowest BCUT2D eigenvalue weighted by Gasteiger charge is -2.39. The van der Waals surface area contributed by atoms with E-state index in [9.17, 15) is 18.0 Å². The van der Waals surface area contributed by atoms with Gasteiger partial charge in [-0.3, -0.25) is 9.69 Å². The lowest BCUT2D eigenvalue weighted by molar-refractivity contribution is -0.141. The zero-order valence-corrected chi connectivity index (χ0v) is 17.3. The summed E-state index contributed by atoms with van der Waals surface area (Å²) >= 11 is 0. The number of aryl methyl sites for hydroxylation is 1. The number of amides is 1. The molecule has 1 amide bonds. The number of carbonyl (C=O) groups is 1. The van der Waals surface area contributed by atoms with E-state index in [0.29, 0.717) is 17.8 Å². The van der Waals surface area contributed by atoms with Crippen LogP contribution in [0.15, 0.2) is 18.6 Å². The zero-order valence-electron chi connectivity index (χ0n) is 17.3. The third-order valence-electron chi connectivity index (χ3n) is 5.99. The molecule has 0 aromatic carbocycles. The SMILES string of the molecule is Cn1cncc1-c1nc(C(=O)NC2CCC(N3CCNCC3)CC2)cc(C(F)(F)F)n1. The van der Waals surface area contributed by atoms with Crippen LogP contribution in [-0.2, 0) is 13.2 Å². The highest BCUT2D eigenvalue weighted by atomic mass is 19.4. The molecule has 0 atom stereocenters. The Balaban J connectivity index is 1.46. The Morgan fingerprint density at radius 2 is 1.87 bits per heavy atom. The van der Waals surface area contributed by atoms with Gasteiger partial charge in [-0.2, -0.15) is 13.2 Å². The highest BCUT2D eigenvalue weighted by Gasteiger charge is 2.35. The van der Waals surface area contributed by atoms with E-state index >= 15 is 0 Å². The summed E-state index contributed by atoms with van der Waals surface area (Å²) in [6, 6.07) is 1.14. The van der Waals surface area contributed by atoms with Crippen LogP contribution in [0.1, 0.15) is 41.9 Å². The first-order valence-electron chi connectivity index (χ1n) is 10.5. The number of piperazine rings is 1. The van der Waals surface area contributed by atoms with Gasteiger partial charge in [-0.05, 0) is 25.7 Å². The monoisotopic (exact) mass is 437 g/mol. The largest absolute Gasteiger partial charge is 0.433 e. The maximum absolute atomic E-state index is 13.4. The summed E-state index contributed by atoms with van der Waals surface area (Å²) in [5.74, 6) is -0.788. The lowest BCUT2D eigenvalue weighted by atomic mass is 9.89. The van der Waals surface area contributed by atoms with Gasteiger partial charge in [-0.15, -0.1) is 0 Å². The first-order chi connectivity index (χ1) is 14.8. The Bertz CT molecular complexity index is 916. The van der Waals surface area contributed by atoms with Crippen molar-refractivity contribution in [3.63, 3.8) is 0 Å². The second-order valence-corrected chi connectivity index (χ2v) is 8.11. The van der Waals surface area contributed by atoms with E-state index in [0.717, 1.165) is 51.9 Å². The Morgan fingerprint density at radius 1 is 1.16 bits per heavy atom. The van der Waals surface area contributed by atoms with Gasteiger partial charge in [-0.25, -0.2) is 15.0 Å². The second kappa shape index (κ2) is 8.91. The van der Waals surface area contributed by atoms with E-state index in [4.69, 9.17) is 0 Å².